The standard InChI is InChI=1S/C12H16N4O/c1-16(2)11-7-10(13)14-12(15-11)8-3-5-9(17)6-4-8/h3-6,12,17H,7H2,1-2H3,(H2,13,14). The van der Waals surface area contributed by atoms with E-state index in [1.807, 2.05) is 19.0 Å². The van der Waals surface area contributed by atoms with Crippen LogP contribution in [0.4, 0.5) is 0 Å². The van der Waals surface area contributed by atoms with E-state index in [9.17, 15) is 5.11 Å². The minimum atomic E-state index is -0.304. The smallest absolute Gasteiger partial charge is 0.169 e. The van der Waals surface area contributed by atoms with E-state index in [-0.39, 0.29) is 11.9 Å². The van der Waals surface area contributed by atoms with Gasteiger partial charge in [-0.1, -0.05) is 12.1 Å². The fraction of sp³-hybridized carbons (Fsp3) is 0.333. The molecule has 90 valence electrons. The first kappa shape index (κ1) is 11.4. The molecule has 0 bridgehead atoms. The molecule has 1 aromatic carbocycles. The first-order chi connectivity index (χ1) is 8.06. The Labute approximate surface area is 100 Å². The lowest BCUT2D eigenvalue weighted by molar-refractivity contribution is 0.475. The molecule has 0 amide bonds. The van der Waals surface area contributed by atoms with Crippen LogP contribution < -0.4 is 5.73 Å². The summed E-state index contributed by atoms with van der Waals surface area (Å²) in [6.07, 6.45) is 0.281. The average molecular weight is 232 g/mol. The van der Waals surface area contributed by atoms with Gasteiger partial charge >= 0.3 is 0 Å². The summed E-state index contributed by atoms with van der Waals surface area (Å²) in [5, 5.41) is 9.24. The Hall–Kier alpha value is -2.04. The summed E-state index contributed by atoms with van der Waals surface area (Å²) in [4.78, 5) is 10.8. The van der Waals surface area contributed by atoms with Crippen molar-refractivity contribution in [3.63, 3.8) is 0 Å². The van der Waals surface area contributed by atoms with Crippen molar-refractivity contribution < 1.29 is 5.11 Å². The number of benzene rings is 1. The molecule has 1 unspecified atom stereocenters. The predicted octanol–water partition coefficient (Wildman–Crippen LogP) is 1.11. The van der Waals surface area contributed by atoms with Crippen LogP contribution in [0.1, 0.15) is 18.2 Å². The monoisotopic (exact) mass is 232 g/mol. The van der Waals surface area contributed by atoms with Crippen molar-refractivity contribution in [2.45, 2.75) is 12.6 Å². The number of hydrogen-bond acceptors (Lipinski definition) is 5. The van der Waals surface area contributed by atoms with E-state index in [0.717, 1.165) is 11.4 Å². The summed E-state index contributed by atoms with van der Waals surface area (Å²) in [5.41, 5.74) is 6.73. The fourth-order valence-electron chi connectivity index (χ4n) is 1.65. The molecular formula is C12H16N4O. The molecule has 0 spiro atoms. The maximum absolute atomic E-state index is 9.24. The molecular weight excluding hydrogens is 216 g/mol. The highest BCUT2D eigenvalue weighted by Crippen LogP contribution is 2.24. The van der Waals surface area contributed by atoms with Crippen LogP contribution in [0.5, 0.6) is 5.75 Å². The molecule has 0 saturated carbocycles. The Bertz CT molecular complexity index is 462. The lowest BCUT2D eigenvalue weighted by Gasteiger charge is -2.22. The van der Waals surface area contributed by atoms with Crippen molar-refractivity contribution >= 4 is 11.7 Å². The third-order valence-corrected chi connectivity index (χ3v) is 2.61. The van der Waals surface area contributed by atoms with Crippen LogP contribution >= 0.6 is 0 Å². The van der Waals surface area contributed by atoms with Gasteiger partial charge in [-0.15, -0.1) is 0 Å². The van der Waals surface area contributed by atoms with Crippen molar-refractivity contribution in [3.8, 4) is 5.75 Å². The number of phenols is 1. The number of amidine groups is 2. The Kier molecular flexibility index (Phi) is 2.99. The van der Waals surface area contributed by atoms with Gasteiger partial charge in [-0.05, 0) is 17.7 Å². The molecule has 0 saturated heterocycles. The van der Waals surface area contributed by atoms with Gasteiger partial charge < -0.3 is 15.7 Å². The Balaban J connectivity index is 2.31. The molecule has 17 heavy (non-hydrogen) atoms. The van der Waals surface area contributed by atoms with Crippen LogP contribution in [0.25, 0.3) is 0 Å². The molecule has 1 aromatic rings. The van der Waals surface area contributed by atoms with Crippen molar-refractivity contribution in [1.29, 1.82) is 0 Å². The van der Waals surface area contributed by atoms with E-state index in [4.69, 9.17) is 5.73 Å². The first-order valence-corrected chi connectivity index (χ1v) is 5.41. The van der Waals surface area contributed by atoms with Gasteiger partial charge in [-0.2, -0.15) is 0 Å². The molecule has 1 aliphatic rings. The molecule has 1 aliphatic heterocycles. The van der Waals surface area contributed by atoms with E-state index in [1.54, 1.807) is 24.3 Å². The Morgan fingerprint density at radius 1 is 1.24 bits per heavy atom. The van der Waals surface area contributed by atoms with Gasteiger partial charge in [0, 0.05) is 14.1 Å². The summed E-state index contributed by atoms with van der Waals surface area (Å²) in [7, 11) is 3.87. The number of phenolic OH excluding ortho intramolecular Hbond substituents is 1. The maximum Gasteiger partial charge on any atom is 0.169 e. The van der Waals surface area contributed by atoms with Crippen molar-refractivity contribution in [2.24, 2.45) is 15.7 Å². The minimum Gasteiger partial charge on any atom is -0.508 e. The molecule has 1 heterocycles. The molecule has 2 rings (SSSR count). The normalized spacial score (nSPS) is 19.5. The van der Waals surface area contributed by atoms with Gasteiger partial charge in [0.05, 0.1) is 6.42 Å². The van der Waals surface area contributed by atoms with Crippen LogP contribution in [0, 0.1) is 0 Å². The van der Waals surface area contributed by atoms with Crippen molar-refractivity contribution in [3.05, 3.63) is 29.8 Å². The Morgan fingerprint density at radius 3 is 2.47 bits per heavy atom. The van der Waals surface area contributed by atoms with E-state index in [1.165, 1.54) is 0 Å². The molecule has 0 aliphatic carbocycles. The third-order valence-electron chi connectivity index (χ3n) is 2.61. The van der Waals surface area contributed by atoms with E-state index in [2.05, 4.69) is 9.98 Å². The first-order valence-electron chi connectivity index (χ1n) is 5.41. The van der Waals surface area contributed by atoms with Gasteiger partial charge in [0.2, 0.25) is 0 Å². The summed E-state index contributed by atoms with van der Waals surface area (Å²) in [6.45, 7) is 0. The van der Waals surface area contributed by atoms with Crippen LogP contribution in [-0.4, -0.2) is 35.8 Å². The highest BCUT2D eigenvalue weighted by atomic mass is 16.3. The lowest BCUT2D eigenvalue weighted by atomic mass is 10.1. The maximum atomic E-state index is 9.24. The number of aromatic hydroxyl groups is 1. The van der Waals surface area contributed by atoms with Crippen LogP contribution in [0.2, 0.25) is 0 Å². The molecule has 0 aromatic heterocycles. The van der Waals surface area contributed by atoms with Gasteiger partial charge in [-0.25, -0.2) is 9.98 Å². The second-order valence-corrected chi connectivity index (χ2v) is 4.20. The topological polar surface area (TPSA) is 74.2 Å². The summed E-state index contributed by atoms with van der Waals surface area (Å²) >= 11 is 0. The SMILES string of the molecule is CN(C)C1=NC(c2ccc(O)cc2)N=C(N)C1. The highest BCUT2D eigenvalue weighted by molar-refractivity contribution is 6.02. The summed E-state index contributed by atoms with van der Waals surface area (Å²) in [6, 6.07) is 6.86. The van der Waals surface area contributed by atoms with E-state index < -0.39 is 0 Å². The quantitative estimate of drug-likeness (QED) is 0.761. The molecule has 5 heteroatoms. The van der Waals surface area contributed by atoms with Crippen LogP contribution in [-0.2, 0) is 0 Å². The van der Waals surface area contributed by atoms with Gasteiger partial charge in [-0.3, -0.25) is 0 Å². The molecule has 1 atom stereocenters. The Morgan fingerprint density at radius 2 is 1.88 bits per heavy atom. The molecule has 0 radical (unpaired) electrons. The second-order valence-electron chi connectivity index (χ2n) is 4.20. The van der Waals surface area contributed by atoms with Crippen LogP contribution in [0.15, 0.2) is 34.3 Å². The third kappa shape index (κ3) is 2.55. The zero-order valence-electron chi connectivity index (χ0n) is 9.96. The molecule has 0 fully saturated rings. The largest absolute Gasteiger partial charge is 0.508 e. The zero-order chi connectivity index (χ0) is 12.4. The number of aliphatic imine (C=N–C) groups is 2. The average Bonchev–Trinajstić information content (AvgIpc) is 2.29. The van der Waals surface area contributed by atoms with Gasteiger partial charge in [0.1, 0.15) is 17.4 Å². The minimum absolute atomic E-state index is 0.235. The van der Waals surface area contributed by atoms with Gasteiger partial charge in [0.15, 0.2) is 6.17 Å². The van der Waals surface area contributed by atoms with Crippen molar-refractivity contribution in [2.75, 3.05) is 14.1 Å². The van der Waals surface area contributed by atoms with E-state index in [0.29, 0.717) is 12.3 Å². The van der Waals surface area contributed by atoms with Crippen LogP contribution in [0.3, 0.4) is 0 Å². The summed E-state index contributed by atoms with van der Waals surface area (Å²) in [5.74, 6) is 1.73. The van der Waals surface area contributed by atoms with Gasteiger partial charge in [0.25, 0.3) is 0 Å². The lowest BCUT2D eigenvalue weighted by Crippen LogP contribution is -2.31. The second kappa shape index (κ2) is 4.45. The van der Waals surface area contributed by atoms with Crippen molar-refractivity contribution in [1.82, 2.24) is 4.90 Å². The number of hydrogen-bond donors (Lipinski definition) is 2. The number of nitrogens with zero attached hydrogens (tertiary/aromatic N) is 3. The number of rotatable bonds is 1. The zero-order valence-corrected chi connectivity index (χ0v) is 9.96. The summed E-state index contributed by atoms with van der Waals surface area (Å²) < 4.78 is 0. The van der Waals surface area contributed by atoms with E-state index >= 15 is 0 Å². The highest BCUT2D eigenvalue weighted by Gasteiger charge is 2.18. The number of nitrogens with two attached hydrogens (primary N) is 1. The predicted molar refractivity (Wildman–Crippen MR) is 68.2 cm³/mol. The molecule has 3 N–H and O–H groups in total. The molecule has 5 nitrogen and oxygen atoms in total. The fourth-order valence-corrected chi connectivity index (χ4v) is 1.65.